The molecule has 0 spiro atoms. The maximum Gasteiger partial charge on any atom is 0.0502 e. The number of hydrogen-bond acceptors (Lipinski definition) is 1. The Morgan fingerprint density at radius 2 is 2.00 bits per heavy atom. The third kappa shape index (κ3) is 4.29. The molecule has 0 aliphatic heterocycles. The van der Waals surface area contributed by atoms with Gasteiger partial charge >= 0.3 is 0 Å². The molecule has 0 radical (unpaired) electrons. The molecule has 2 heteroatoms. The Morgan fingerprint density at radius 3 is 2.40 bits per heavy atom. The van der Waals surface area contributed by atoms with E-state index in [1.165, 1.54) is 6.42 Å². The number of rotatable bonds is 5. The van der Waals surface area contributed by atoms with Crippen LogP contribution in [0.2, 0.25) is 0 Å². The monoisotopic (exact) mass is 208 g/mol. The van der Waals surface area contributed by atoms with E-state index in [1.807, 2.05) is 6.92 Å². The molecule has 62 valence electrons. The Morgan fingerprint density at radius 1 is 1.40 bits per heavy atom. The van der Waals surface area contributed by atoms with Crippen molar-refractivity contribution in [1.29, 1.82) is 0 Å². The fourth-order valence-corrected chi connectivity index (χ4v) is 0.963. The van der Waals surface area contributed by atoms with Crippen molar-refractivity contribution in [2.75, 3.05) is 13.2 Å². The van der Waals surface area contributed by atoms with E-state index in [1.54, 1.807) is 0 Å². The molecule has 0 aromatic rings. The first-order chi connectivity index (χ1) is 4.72. The van der Waals surface area contributed by atoms with Gasteiger partial charge in [0.2, 0.25) is 0 Å². The van der Waals surface area contributed by atoms with Crippen LogP contribution in [0.25, 0.3) is 0 Å². The molecule has 0 aromatic carbocycles. The highest BCUT2D eigenvalue weighted by Crippen LogP contribution is 2.15. The second-order valence-electron chi connectivity index (χ2n) is 2.56. The standard InChI is InChI=1S/C8H17BrO/c1-4-8(9)7(3)6-10-5-2/h7-8H,4-6H2,1-3H3. The number of hydrogen-bond donors (Lipinski definition) is 0. The molecule has 0 fully saturated rings. The molecule has 0 aliphatic rings. The van der Waals surface area contributed by atoms with Gasteiger partial charge in [0, 0.05) is 11.4 Å². The van der Waals surface area contributed by atoms with Crippen molar-refractivity contribution in [3.63, 3.8) is 0 Å². The highest BCUT2D eigenvalue weighted by Gasteiger charge is 2.10. The van der Waals surface area contributed by atoms with E-state index in [2.05, 4.69) is 29.8 Å². The maximum atomic E-state index is 5.29. The van der Waals surface area contributed by atoms with E-state index in [0.717, 1.165) is 13.2 Å². The maximum absolute atomic E-state index is 5.29. The van der Waals surface area contributed by atoms with Crippen LogP contribution in [0.3, 0.4) is 0 Å². The summed E-state index contributed by atoms with van der Waals surface area (Å²) in [5.41, 5.74) is 0. The van der Waals surface area contributed by atoms with Crippen molar-refractivity contribution in [1.82, 2.24) is 0 Å². The first-order valence-corrected chi connectivity index (χ1v) is 4.85. The van der Waals surface area contributed by atoms with E-state index < -0.39 is 0 Å². The van der Waals surface area contributed by atoms with Crippen molar-refractivity contribution in [3.8, 4) is 0 Å². The summed E-state index contributed by atoms with van der Waals surface area (Å²) in [5.74, 6) is 0.630. The minimum absolute atomic E-state index is 0.610. The van der Waals surface area contributed by atoms with Crippen molar-refractivity contribution in [2.24, 2.45) is 5.92 Å². The predicted molar refractivity (Wildman–Crippen MR) is 48.7 cm³/mol. The van der Waals surface area contributed by atoms with Gasteiger partial charge < -0.3 is 4.74 Å². The second kappa shape index (κ2) is 6.17. The third-order valence-electron chi connectivity index (χ3n) is 1.59. The fraction of sp³-hybridized carbons (Fsp3) is 1.00. The first kappa shape index (κ1) is 10.4. The van der Waals surface area contributed by atoms with Gasteiger partial charge in [-0.15, -0.1) is 0 Å². The summed E-state index contributed by atoms with van der Waals surface area (Å²) >= 11 is 3.59. The van der Waals surface area contributed by atoms with E-state index >= 15 is 0 Å². The molecule has 0 aliphatic carbocycles. The predicted octanol–water partition coefficient (Wildman–Crippen LogP) is 2.83. The summed E-state index contributed by atoms with van der Waals surface area (Å²) < 4.78 is 5.29. The van der Waals surface area contributed by atoms with Crippen LogP contribution in [0.4, 0.5) is 0 Å². The third-order valence-corrected chi connectivity index (χ3v) is 3.14. The van der Waals surface area contributed by atoms with Gasteiger partial charge in [-0.2, -0.15) is 0 Å². The van der Waals surface area contributed by atoms with Crippen LogP contribution in [-0.4, -0.2) is 18.0 Å². The Hall–Kier alpha value is 0.440. The molecule has 2 unspecified atom stereocenters. The van der Waals surface area contributed by atoms with Gasteiger partial charge in [-0.1, -0.05) is 29.8 Å². The Labute approximate surface area is 72.3 Å². The molecule has 10 heavy (non-hydrogen) atoms. The smallest absolute Gasteiger partial charge is 0.0502 e. The van der Waals surface area contributed by atoms with Gasteiger partial charge in [-0.3, -0.25) is 0 Å². The lowest BCUT2D eigenvalue weighted by Crippen LogP contribution is -2.16. The quantitative estimate of drug-likeness (QED) is 0.632. The average molecular weight is 209 g/mol. The van der Waals surface area contributed by atoms with Crippen LogP contribution in [-0.2, 0) is 4.74 Å². The topological polar surface area (TPSA) is 9.23 Å². The van der Waals surface area contributed by atoms with Crippen LogP contribution >= 0.6 is 15.9 Å². The largest absolute Gasteiger partial charge is 0.381 e. The number of halogens is 1. The van der Waals surface area contributed by atoms with E-state index in [4.69, 9.17) is 4.74 Å². The zero-order valence-corrected chi connectivity index (χ0v) is 8.65. The number of alkyl halides is 1. The van der Waals surface area contributed by atoms with Crippen molar-refractivity contribution < 1.29 is 4.74 Å². The van der Waals surface area contributed by atoms with E-state index in [-0.39, 0.29) is 0 Å². The summed E-state index contributed by atoms with van der Waals surface area (Å²) in [4.78, 5) is 0.610. The van der Waals surface area contributed by atoms with Crippen LogP contribution in [0.5, 0.6) is 0 Å². The summed E-state index contributed by atoms with van der Waals surface area (Å²) in [7, 11) is 0. The fourth-order valence-electron chi connectivity index (χ4n) is 0.811. The van der Waals surface area contributed by atoms with Crippen LogP contribution in [0, 0.1) is 5.92 Å². The molecular formula is C8H17BrO. The van der Waals surface area contributed by atoms with Gasteiger partial charge in [0.05, 0.1) is 6.61 Å². The SMILES string of the molecule is CCOCC(C)C(Br)CC. The summed E-state index contributed by atoms with van der Waals surface area (Å²) in [5, 5.41) is 0. The van der Waals surface area contributed by atoms with Crippen LogP contribution < -0.4 is 0 Å². The average Bonchev–Trinajstić information content (AvgIpc) is 1.98. The summed E-state index contributed by atoms with van der Waals surface area (Å²) in [6.07, 6.45) is 1.17. The molecule has 0 N–H and O–H groups in total. The van der Waals surface area contributed by atoms with Gasteiger partial charge in [-0.25, -0.2) is 0 Å². The lowest BCUT2D eigenvalue weighted by molar-refractivity contribution is 0.115. The second-order valence-corrected chi connectivity index (χ2v) is 3.74. The van der Waals surface area contributed by atoms with Gasteiger partial charge in [-0.05, 0) is 19.3 Å². The molecule has 0 amide bonds. The van der Waals surface area contributed by atoms with Gasteiger partial charge in [0.15, 0.2) is 0 Å². The van der Waals surface area contributed by atoms with Crippen molar-refractivity contribution in [3.05, 3.63) is 0 Å². The summed E-state index contributed by atoms with van der Waals surface area (Å²) in [6.45, 7) is 8.12. The minimum atomic E-state index is 0.610. The van der Waals surface area contributed by atoms with Crippen molar-refractivity contribution >= 4 is 15.9 Å². The lowest BCUT2D eigenvalue weighted by atomic mass is 10.1. The molecule has 2 atom stereocenters. The molecule has 0 rings (SSSR count). The molecule has 1 nitrogen and oxygen atoms in total. The Balaban J connectivity index is 3.31. The lowest BCUT2D eigenvalue weighted by Gasteiger charge is -2.15. The molecule has 0 saturated carbocycles. The van der Waals surface area contributed by atoms with Crippen LogP contribution in [0.15, 0.2) is 0 Å². The molecule has 0 bridgehead atoms. The Bertz CT molecular complexity index is 75.7. The van der Waals surface area contributed by atoms with Crippen LogP contribution in [0.1, 0.15) is 27.2 Å². The zero-order valence-electron chi connectivity index (χ0n) is 7.06. The minimum Gasteiger partial charge on any atom is -0.381 e. The zero-order chi connectivity index (χ0) is 7.98. The van der Waals surface area contributed by atoms with Gasteiger partial charge in [0.1, 0.15) is 0 Å². The highest BCUT2D eigenvalue weighted by molar-refractivity contribution is 9.09. The van der Waals surface area contributed by atoms with Crippen molar-refractivity contribution in [2.45, 2.75) is 32.0 Å². The highest BCUT2D eigenvalue weighted by atomic mass is 79.9. The first-order valence-electron chi connectivity index (χ1n) is 3.94. The molecular weight excluding hydrogens is 192 g/mol. The van der Waals surface area contributed by atoms with Gasteiger partial charge in [0.25, 0.3) is 0 Å². The Kier molecular flexibility index (Phi) is 6.44. The molecule has 0 saturated heterocycles. The molecule has 0 heterocycles. The van der Waals surface area contributed by atoms with E-state index in [9.17, 15) is 0 Å². The number of ether oxygens (including phenoxy) is 1. The normalized spacial score (nSPS) is 16.8. The summed E-state index contributed by atoms with van der Waals surface area (Å²) in [6, 6.07) is 0. The molecule has 0 aromatic heterocycles. The van der Waals surface area contributed by atoms with E-state index in [0.29, 0.717) is 10.7 Å².